The average molecular weight is 604 g/mol. The maximum Gasteiger partial charge on any atom is 0.296 e. The van der Waals surface area contributed by atoms with Gasteiger partial charge in [-0.1, -0.05) is 67.6 Å². The number of hydrogen-bond donors (Lipinski definition) is 0. The van der Waals surface area contributed by atoms with E-state index in [1.165, 1.54) is 4.31 Å². The van der Waals surface area contributed by atoms with Crippen LogP contribution in [0.3, 0.4) is 0 Å². The van der Waals surface area contributed by atoms with Gasteiger partial charge in [-0.15, -0.1) is 0 Å². The zero-order valence-corrected chi connectivity index (χ0v) is 25.8. The summed E-state index contributed by atoms with van der Waals surface area (Å²) in [5.41, 5.74) is 2.75. The molecule has 0 N–H and O–H groups in total. The highest BCUT2D eigenvalue weighted by molar-refractivity contribution is 7.89. The number of unbranched alkanes of at least 4 members (excludes halogenated alkanes) is 5. The van der Waals surface area contributed by atoms with E-state index in [1.54, 1.807) is 38.5 Å². The molecule has 0 heterocycles. The Bertz CT molecular complexity index is 1360. The van der Waals surface area contributed by atoms with Crippen LogP contribution < -0.4 is 9.47 Å². The molecule has 3 aromatic rings. The Morgan fingerprint density at radius 3 is 1.56 bits per heavy atom. The zero-order valence-electron chi connectivity index (χ0n) is 24.1. The van der Waals surface area contributed by atoms with Gasteiger partial charge in [0.1, 0.15) is 11.5 Å². The first-order valence-electron chi connectivity index (χ1n) is 13.8. The average Bonchev–Trinajstić information content (AvgIpc) is 2.97. The molecule has 224 valence electrons. The first-order chi connectivity index (χ1) is 19.6. The summed E-state index contributed by atoms with van der Waals surface area (Å²) in [4.78, 5) is 0.164. The predicted molar refractivity (Wildman–Crippen MR) is 161 cm³/mol. The van der Waals surface area contributed by atoms with Gasteiger partial charge >= 0.3 is 0 Å². The number of hydrogen-bond acceptors (Lipinski definition) is 7. The van der Waals surface area contributed by atoms with Gasteiger partial charge < -0.3 is 9.47 Å². The Labute approximate surface area is 245 Å². The Hall–Kier alpha value is -2.92. The summed E-state index contributed by atoms with van der Waals surface area (Å²) in [5.74, 6) is 1.51. The van der Waals surface area contributed by atoms with Gasteiger partial charge in [0.15, 0.2) is 0 Å². The maximum atomic E-state index is 13.4. The molecule has 0 fully saturated rings. The van der Waals surface area contributed by atoms with Gasteiger partial charge in [-0.3, -0.25) is 4.18 Å². The van der Waals surface area contributed by atoms with Crippen LogP contribution in [0.4, 0.5) is 0 Å². The van der Waals surface area contributed by atoms with Gasteiger partial charge in [-0.05, 0) is 67.3 Å². The molecule has 0 unspecified atom stereocenters. The lowest BCUT2D eigenvalue weighted by molar-refractivity contribution is 0.306. The van der Waals surface area contributed by atoms with Crippen LogP contribution in [0, 0.1) is 6.92 Å². The number of benzene rings is 3. The van der Waals surface area contributed by atoms with Gasteiger partial charge in [-0.25, -0.2) is 8.42 Å². The lowest BCUT2D eigenvalue weighted by Crippen LogP contribution is -2.32. The van der Waals surface area contributed by atoms with Crippen molar-refractivity contribution in [1.29, 1.82) is 0 Å². The van der Waals surface area contributed by atoms with Gasteiger partial charge in [0, 0.05) is 13.1 Å². The number of aryl methyl sites for hydroxylation is 1. The Morgan fingerprint density at radius 1 is 0.610 bits per heavy atom. The van der Waals surface area contributed by atoms with Crippen LogP contribution in [0.5, 0.6) is 11.5 Å². The summed E-state index contributed by atoms with van der Waals surface area (Å²) >= 11 is 0. The third kappa shape index (κ3) is 10.8. The van der Waals surface area contributed by atoms with Crippen LogP contribution in [0.25, 0.3) is 0 Å². The lowest BCUT2D eigenvalue weighted by atomic mass is 10.1. The molecule has 3 rings (SSSR count). The zero-order chi connectivity index (χ0) is 29.7. The number of nitrogens with zero attached hydrogens (tertiary/aromatic N) is 1. The molecule has 8 nitrogen and oxygen atoms in total. The van der Waals surface area contributed by atoms with E-state index >= 15 is 0 Å². The number of sulfonamides is 1. The van der Waals surface area contributed by atoms with Gasteiger partial charge in [0.25, 0.3) is 10.1 Å². The summed E-state index contributed by atoms with van der Waals surface area (Å²) in [7, 11) is -4.06. The van der Waals surface area contributed by atoms with Crippen LogP contribution in [0.15, 0.2) is 77.7 Å². The molecule has 0 bridgehead atoms. The molecule has 10 heteroatoms. The van der Waals surface area contributed by atoms with E-state index in [9.17, 15) is 16.8 Å². The molecule has 0 aliphatic heterocycles. The molecule has 0 aliphatic carbocycles. The van der Waals surface area contributed by atoms with Crippen molar-refractivity contribution >= 4 is 20.1 Å². The van der Waals surface area contributed by atoms with E-state index in [0.29, 0.717) is 12.8 Å². The van der Waals surface area contributed by atoms with Crippen molar-refractivity contribution in [3.05, 3.63) is 89.5 Å². The molecule has 0 amide bonds. The van der Waals surface area contributed by atoms with Gasteiger partial charge in [-0.2, -0.15) is 12.7 Å². The second-order valence-electron chi connectivity index (χ2n) is 9.99. The second-order valence-corrected chi connectivity index (χ2v) is 13.7. The fraction of sp³-hybridized carbons (Fsp3) is 0.419. The fourth-order valence-corrected chi connectivity index (χ4v) is 6.75. The standard InChI is InChI=1S/C31H41NO7S2/c1-26-10-20-31(21-11-26)41(35,36)39-22-8-6-4-5-7-9-23-40(33,34)32(24-27-12-16-29(37-2)17-13-27)25-28-14-18-30(38-3)19-15-28/h10-21H,4-9,22-25H2,1-3H3. The predicted octanol–water partition coefficient (Wildman–Crippen LogP) is 6.09. The minimum Gasteiger partial charge on any atom is -0.497 e. The van der Waals surface area contributed by atoms with Crippen molar-refractivity contribution in [2.24, 2.45) is 0 Å². The minimum absolute atomic E-state index is 0.0667. The molecular weight excluding hydrogens is 562 g/mol. The molecule has 41 heavy (non-hydrogen) atoms. The SMILES string of the molecule is COc1ccc(CN(Cc2ccc(OC)cc2)S(=O)(=O)CCCCCCCCOS(=O)(=O)c2ccc(C)cc2)cc1. The van der Waals surface area contributed by atoms with Crippen molar-refractivity contribution in [2.45, 2.75) is 63.4 Å². The second kappa shape index (κ2) is 15.9. The fourth-order valence-electron chi connectivity index (χ4n) is 4.29. The third-order valence-corrected chi connectivity index (χ3v) is 9.95. The van der Waals surface area contributed by atoms with Crippen molar-refractivity contribution in [1.82, 2.24) is 4.31 Å². The molecule has 0 saturated heterocycles. The summed E-state index contributed by atoms with van der Waals surface area (Å²) in [5, 5.41) is 0. The molecule has 0 aromatic heterocycles. The first-order valence-corrected chi connectivity index (χ1v) is 16.8. The molecular formula is C31H41NO7S2. The van der Waals surface area contributed by atoms with E-state index in [0.717, 1.165) is 53.9 Å². The summed E-state index contributed by atoms with van der Waals surface area (Å²) in [6, 6.07) is 21.4. The maximum absolute atomic E-state index is 13.4. The summed E-state index contributed by atoms with van der Waals surface area (Å²) in [6.07, 6.45) is 4.54. The van der Waals surface area contributed by atoms with E-state index in [1.807, 2.05) is 55.5 Å². The Balaban J connectivity index is 1.44. The number of rotatable bonds is 18. The van der Waals surface area contributed by atoms with Crippen LogP contribution in [-0.2, 0) is 37.4 Å². The van der Waals surface area contributed by atoms with Gasteiger partial charge in [0.2, 0.25) is 10.0 Å². The first kappa shape index (κ1) is 32.6. The number of ether oxygens (including phenoxy) is 2. The Morgan fingerprint density at radius 2 is 1.07 bits per heavy atom. The minimum atomic E-state index is -3.74. The van der Waals surface area contributed by atoms with Crippen molar-refractivity contribution in [3.8, 4) is 11.5 Å². The van der Waals surface area contributed by atoms with E-state index < -0.39 is 20.1 Å². The van der Waals surface area contributed by atoms with Crippen LogP contribution >= 0.6 is 0 Å². The summed E-state index contributed by atoms with van der Waals surface area (Å²) < 4.78 is 68.4. The van der Waals surface area contributed by atoms with E-state index in [4.69, 9.17) is 13.7 Å². The Kier molecular flexibility index (Phi) is 12.6. The highest BCUT2D eigenvalue weighted by atomic mass is 32.2. The highest BCUT2D eigenvalue weighted by Gasteiger charge is 2.22. The quantitative estimate of drug-likeness (QED) is 0.128. The molecule has 0 atom stereocenters. The van der Waals surface area contributed by atoms with Crippen molar-refractivity contribution in [3.63, 3.8) is 0 Å². The molecule has 0 radical (unpaired) electrons. The van der Waals surface area contributed by atoms with Crippen LogP contribution in [-0.4, -0.2) is 47.7 Å². The topological polar surface area (TPSA) is 99.2 Å². The van der Waals surface area contributed by atoms with E-state index in [-0.39, 0.29) is 30.3 Å². The monoisotopic (exact) mass is 603 g/mol. The highest BCUT2D eigenvalue weighted by Crippen LogP contribution is 2.21. The van der Waals surface area contributed by atoms with Crippen molar-refractivity contribution < 1.29 is 30.5 Å². The normalized spacial score (nSPS) is 12.0. The number of methoxy groups -OCH3 is 2. The molecule has 0 aliphatic rings. The summed E-state index contributed by atoms with van der Waals surface area (Å²) in [6.45, 7) is 2.57. The third-order valence-electron chi connectivity index (χ3n) is 6.77. The van der Waals surface area contributed by atoms with Crippen molar-refractivity contribution in [2.75, 3.05) is 26.6 Å². The van der Waals surface area contributed by atoms with Crippen LogP contribution in [0.1, 0.15) is 55.2 Å². The molecule has 3 aromatic carbocycles. The smallest absolute Gasteiger partial charge is 0.296 e. The molecule has 0 saturated carbocycles. The lowest BCUT2D eigenvalue weighted by Gasteiger charge is -2.23. The van der Waals surface area contributed by atoms with Crippen LogP contribution in [0.2, 0.25) is 0 Å². The largest absolute Gasteiger partial charge is 0.497 e. The van der Waals surface area contributed by atoms with Gasteiger partial charge in [0.05, 0.1) is 31.5 Å². The molecule has 0 spiro atoms. The van der Waals surface area contributed by atoms with E-state index in [2.05, 4.69) is 0 Å².